The molecule has 1 atom stereocenters. The third-order valence-electron chi connectivity index (χ3n) is 2.76. The van der Waals surface area contributed by atoms with Crippen LogP contribution in [-0.4, -0.2) is 24.6 Å². The number of primary amides is 1. The standard InChI is InChI=1S/C15H24N2O2/c1-4-5-12-6-8-13(9-7-12)19-10-14(15(16)18)17-11(2)3/h6-9,11,14,17H,4-5,10H2,1-3H3,(H2,16,18). The van der Waals surface area contributed by atoms with Gasteiger partial charge in [-0.15, -0.1) is 0 Å². The van der Waals surface area contributed by atoms with Gasteiger partial charge in [0.15, 0.2) is 0 Å². The van der Waals surface area contributed by atoms with Crippen LogP contribution in [0.25, 0.3) is 0 Å². The van der Waals surface area contributed by atoms with Gasteiger partial charge in [-0.2, -0.15) is 0 Å². The van der Waals surface area contributed by atoms with E-state index in [1.165, 1.54) is 5.56 Å². The normalized spacial score (nSPS) is 12.4. The second kappa shape index (κ2) is 7.79. The molecule has 4 nitrogen and oxygen atoms in total. The van der Waals surface area contributed by atoms with Crippen LogP contribution in [0.5, 0.6) is 5.75 Å². The fourth-order valence-electron chi connectivity index (χ4n) is 1.84. The molecular formula is C15H24N2O2. The van der Waals surface area contributed by atoms with Crippen LogP contribution in [-0.2, 0) is 11.2 Å². The molecule has 1 aromatic carbocycles. The number of carbonyl (C=O) groups excluding carboxylic acids is 1. The summed E-state index contributed by atoms with van der Waals surface area (Å²) in [6, 6.07) is 7.68. The molecule has 1 aromatic rings. The van der Waals surface area contributed by atoms with Crippen molar-refractivity contribution in [3.8, 4) is 5.75 Å². The Labute approximate surface area is 115 Å². The summed E-state index contributed by atoms with van der Waals surface area (Å²) in [4.78, 5) is 11.3. The van der Waals surface area contributed by atoms with Gasteiger partial charge in [-0.3, -0.25) is 4.79 Å². The van der Waals surface area contributed by atoms with Crippen molar-refractivity contribution >= 4 is 5.91 Å². The zero-order valence-electron chi connectivity index (χ0n) is 12.0. The Balaban J connectivity index is 2.51. The summed E-state index contributed by atoms with van der Waals surface area (Å²) in [5.74, 6) is 0.368. The predicted octanol–water partition coefficient (Wildman–Crippen LogP) is 1.87. The molecule has 0 aliphatic carbocycles. The van der Waals surface area contributed by atoms with Crippen LogP contribution < -0.4 is 15.8 Å². The summed E-state index contributed by atoms with van der Waals surface area (Å²) in [5, 5.41) is 3.08. The van der Waals surface area contributed by atoms with Crippen molar-refractivity contribution in [3.63, 3.8) is 0 Å². The highest BCUT2D eigenvalue weighted by atomic mass is 16.5. The molecule has 0 fully saturated rings. The average Bonchev–Trinajstić information content (AvgIpc) is 2.36. The Kier molecular flexibility index (Phi) is 6.36. The number of carbonyl (C=O) groups is 1. The van der Waals surface area contributed by atoms with Gasteiger partial charge >= 0.3 is 0 Å². The largest absolute Gasteiger partial charge is 0.491 e. The molecule has 1 unspecified atom stereocenters. The molecule has 1 amide bonds. The van der Waals surface area contributed by atoms with Crippen molar-refractivity contribution in [2.75, 3.05) is 6.61 Å². The molecule has 4 heteroatoms. The molecule has 0 aliphatic rings. The third kappa shape index (κ3) is 5.75. The van der Waals surface area contributed by atoms with Crippen molar-refractivity contribution in [1.82, 2.24) is 5.32 Å². The van der Waals surface area contributed by atoms with Crippen LogP contribution in [0.3, 0.4) is 0 Å². The first-order chi connectivity index (χ1) is 9.02. The van der Waals surface area contributed by atoms with Gasteiger partial charge < -0.3 is 15.8 Å². The lowest BCUT2D eigenvalue weighted by molar-refractivity contribution is -0.120. The second-order valence-corrected chi connectivity index (χ2v) is 4.98. The maximum Gasteiger partial charge on any atom is 0.238 e. The number of benzene rings is 1. The number of amides is 1. The first kappa shape index (κ1) is 15.5. The van der Waals surface area contributed by atoms with Gasteiger partial charge in [-0.1, -0.05) is 39.3 Å². The van der Waals surface area contributed by atoms with Crippen LogP contribution in [0, 0.1) is 0 Å². The molecule has 1 rings (SSSR count). The highest BCUT2D eigenvalue weighted by Crippen LogP contribution is 2.13. The molecule has 0 bridgehead atoms. The van der Waals surface area contributed by atoms with Crippen LogP contribution in [0.15, 0.2) is 24.3 Å². The highest BCUT2D eigenvalue weighted by molar-refractivity contribution is 5.80. The number of hydrogen-bond acceptors (Lipinski definition) is 3. The minimum Gasteiger partial charge on any atom is -0.491 e. The maximum absolute atomic E-state index is 11.3. The van der Waals surface area contributed by atoms with Gasteiger partial charge in [-0.05, 0) is 24.1 Å². The lowest BCUT2D eigenvalue weighted by atomic mass is 10.1. The molecule has 0 aromatic heterocycles. The Bertz CT molecular complexity index is 388. The monoisotopic (exact) mass is 264 g/mol. The Morgan fingerprint density at radius 1 is 1.32 bits per heavy atom. The molecule has 3 N–H and O–H groups in total. The summed E-state index contributed by atoms with van der Waals surface area (Å²) >= 11 is 0. The fourth-order valence-corrected chi connectivity index (χ4v) is 1.84. The van der Waals surface area contributed by atoms with E-state index in [0.717, 1.165) is 18.6 Å². The molecule has 0 saturated carbocycles. The Morgan fingerprint density at radius 2 is 1.95 bits per heavy atom. The quantitative estimate of drug-likeness (QED) is 0.753. The molecule has 0 saturated heterocycles. The van der Waals surface area contributed by atoms with E-state index in [9.17, 15) is 4.79 Å². The number of aryl methyl sites for hydroxylation is 1. The molecule has 0 aliphatic heterocycles. The smallest absolute Gasteiger partial charge is 0.238 e. The average molecular weight is 264 g/mol. The van der Waals surface area contributed by atoms with Gasteiger partial charge in [0.25, 0.3) is 0 Å². The van der Waals surface area contributed by atoms with Crippen LogP contribution >= 0.6 is 0 Å². The molecule has 0 radical (unpaired) electrons. The number of nitrogens with two attached hydrogens (primary N) is 1. The van der Waals surface area contributed by atoms with E-state index in [0.29, 0.717) is 0 Å². The first-order valence-corrected chi connectivity index (χ1v) is 6.80. The summed E-state index contributed by atoms with van der Waals surface area (Å²) in [6.45, 7) is 6.34. The van der Waals surface area contributed by atoms with E-state index >= 15 is 0 Å². The highest BCUT2D eigenvalue weighted by Gasteiger charge is 2.16. The molecule has 0 spiro atoms. The predicted molar refractivity (Wildman–Crippen MR) is 77.2 cm³/mol. The molecule has 106 valence electrons. The number of rotatable bonds is 8. The van der Waals surface area contributed by atoms with Crippen LogP contribution in [0.4, 0.5) is 0 Å². The van der Waals surface area contributed by atoms with Crippen molar-refractivity contribution in [1.29, 1.82) is 0 Å². The van der Waals surface area contributed by atoms with Crippen molar-refractivity contribution in [3.05, 3.63) is 29.8 Å². The van der Waals surface area contributed by atoms with E-state index in [4.69, 9.17) is 10.5 Å². The Morgan fingerprint density at radius 3 is 2.42 bits per heavy atom. The van der Waals surface area contributed by atoms with E-state index in [2.05, 4.69) is 12.2 Å². The third-order valence-corrected chi connectivity index (χ3v) is 2.76. The van der Waals surface area contributed by atoms with Crippen molar-refractivity contribution in [2.24, 2.45) is 5.73 Å². The van der Waals surface area contributed by atoms with Crippen molar-refractivity contribution in [2.45, 2.75) is 45.7 Å². The van der Waals surface area contributed by atoms with Gasteiger partial charge in [0.1, 0.15) is 18.4 Å². The summed E-state index contributed by atoms with van der Waals surface area (Å²) in [6.07, 6.45) is 2.20. The zero-order chi connectivity index (χ0) is 14.3. The van der Waals surface area contributed by atoms with Gasteiger partial charge in [-0.25, -0.2) is 0 Å². The second-order valence-electron chi connectivity index (χ2n) is 4.98. The zero-order valence-corrected chi connectivity index (χ0v) is 12.0. The van der Waals surface area contributed by atoms with Gasteiger partial charge in [0, 0.05) is 6.04 Å². The van der Waals surface area contributed by atoms with E-state index in [1.54, 1.807) is 0 Å². The minimum absolute atomic E-state index is 0.188. The molecule has 19 heavy (non-hydrogen) atoms. The van der Waals surface area contributed by atoms with Gasteiger partial charge in [0.05, 0.1) is 0 Å². The van der Waals surface area contributed by atoms with E-state index in [1.807, 2.05) is 38.1 Å². The van der Waals surface area contributed by atoms with E-state index < -0.39 is 11.9 Å². The number of ether oxygens (including phenoxy) is 1. The molecular weight excluding hydrogens is 240 g/mol. The first-order valence-electron chi connectivity index (χ1n) is 6.80. The van der Waals surface area contributed by atoms with Crippen molar-refractivity contribution < 1.29 is 9.53 Å². The fraction of sp³-hybridized carbons (Fsp3) is 0.533. The maximum atomic E-state index is 11.3. The lowest BCUT2D eigenvalue weighted by Gasteiger charge is -2.18. The summed E-state index contributed by atoms with van der Waals surface area (Å²) in [5.41, 5.74) is 6.62. The number of nitrogens with one attached hydrogen (secondary N) is 1. The minimum atomic E-state index is -0.463. The topological polar surface area (TPSA) is 64.3 Å². The van der Waals surface area contributed by atoms with E-state index in [-0.39, 0.29) is 12.6 Å². The lowest BCUT2D eigenvalue weighted by Crippen LogP contribution is -2.48. The summed E-state index contributed by atoms with van der Waals surface area (Å²) < 4.78 is 5.60. The van der Waals surface area contributed by atoms with Crippen LogP contribution in [0.1, 0.15) is 32.8 Å². The summed E-state index contributed by atoms with van der Waals surface area (Å²) in [7, 11) is 0. The Hall–Kier alpha value is -1.55. The van der Waals surface area contributed by atoms with Crippen LogP contribution in [0.2, 0.25) is 0 Å². The molecule has 0 heterocycles. The SMILES string of the molecule is CCCc1ccc(OCC(NC(C)C)C(N)=O)cc1. The number of hydrogen-bond donors (Lipinski definition) is 2. The van der Waals surface area contributed by atoms with Gasteiger partial charge in [0.2, 0.25) is 5.91 Å².